The molecule has 77 valence electrons. The lowest BCUT2D eigenvalue weighted by Crippen LogP contribution is -2.04. The molecule has 0 aromatic heterocycles. The van der Waals surface area contributed by atoms with Crippen LogP contribution in [0.3, 0.4) is 0 Å². The maximum atomic E-state index is 12.1. The number of rotatable bonds is 3. The number of hydrogen-bond donors (Lipinski definition) is 0. The first-order valence-electron chi connectivity index (χ1n) is 4.13. The second-order valence-corrected chi connectivity index (χ2v) is 2.72. The molecular formula is C10H10F3O. The van der Waals surface area contributed by atoms with Gasteiger partial charge >= 0.3 is 6.18 Å². The molecule has 0 saturated carbocycles. The highest BCUT2D eigenvalue weighted by atomic mass is 19.4. The van der Waals surface area contributed by atoms with Crippen LogP contribution in [0.1, 0.15) is 12.0 Å². The van der Waals surface area contributed by atoms with Crippen LogP contribution >= 0.6 is 0 Å². The van der Waals surface area contributed by atoms with E-state index in [2.05, 4.69) is 6.92 Å². The van der Waals surface area contributed by atoms with E-state index in [9.17, 15) is 13.2 Å². The number of halogens is 3. The predicted molar refractivity (Wildman–Crippen MR) is 46.9 cm³/mol. The third-order valence-electron chi connectivity index (χ3n) is 1.59. The van der Waals surface area contributed by atoms with Gasteiger partial charge in [-0.2, -0.15) is 13.2 Å². The zero-order valence-electron chi connectivity index (χ0n) is 7.47. The SMILES string of the molecule is [CH2]CCOc1ccc(C(F)(F)F)cc1. The largest absolute Gasteiger partial charge is 0.494 e. The molecule has 0 aliphatic carbocycles. The summed E-state index contributed by atoms with van der Waals surface area (Å²) < 4.78 is 41.5. The molecule has 1 nitrogen and oxygen atoms in total. The van der Waals surface area contributed by atoms with E-state index < -0.39 is 11.7 Å². The molecule has 0 spiro atoms. The van der Waals surface area contributed by atoms with Crippen molar-refractivity contribution in [1.29, 1.82) is 0 Å². The smallest absolute Gasteiger partial charge is 0.416 e. The normalized spacial score (nSPS) is 11.4. The van der Waals surface area contributed by atoms with E-state index in [1.807, 2.05) is 0 Å². The van der Waals surface area contributed by atoms with Gasteiger partial charge in [-0.05, 0) is 37.6 Å². The Morgan fingerprint density at radius 3 is 2.14 bits per heavy atom. The second kappa shape index (κ2) is 4.35. The molecule has 0 aliphatic rings. The van der Waals surface area contributed by atoms with Gasteiger partial charge in [0.2, 0.25) is 0 Å². The van der Waals surface area contributed by atoms with Crippen molar-refractivity contribution in [1.82, 2.24) is 0 Å². The minimum absolute atomic E-state index is 0.408. The van der Waals surface area contributed by atoms with Crippen LogP contribution in [0.4, 0.5) is 13.2 Å². The van der Waals surface area contributed by atoms with Crippen molar-refractivity contribution in [3.63, 3.8) is 0 Å². The van der Waals surface area contributed by atoms with Gasteiger partial charge in [0, 0.05) is 0 Å². The molecule has 0 amide bonds. The summed E-state index contributed by atoms with van der Waals surface area (Å²) in [4.78, 5) is 0. The summed E-state index contributed by atoms with van der Waals surface area (Å²) in [6.45, 7) is 3.96. The number of benzene rings is 1. The topological polar surface area (TPSA) is 9.23 Å². The molecule has 0 atom stereocenters. The molecule has 0 N–H and O–H groups in total. The fourth-order valence-corrected chi connectivity index (χ4v) is 0.930. The van der Waals surface area contributed by atoms with Crippen molar-refractivity contribution in [3.8, 4) is 5.75 Å². The molecule has 0 unspecified atom stereocenters. The van der Waals surface area contributed by atoms with Crippen LogP contribution in [-0.2, 0) is 6.18 Å². The Morgan fingerprint density at radius 2 is 1.71 bits per heavy atom. The van der Waals surface area contributed by atoms with E-state index in [1.54, 1.807) is 0 Å². The van der Waals surface area contributed by atoms with E-state index in [-0.39, 0.29) is 0 Å². The zero-order valence-corrected chi connectivity index (χ0v) is 7.47. The molecule has 0 saturated heterocycles. The average molecular weight is 203 g/mol. The predicted octanol–water partition coefficient (Wildman–Crippen LogP) is 3.31. The van der Waals surface area contributed by atoms with Gasteiger partial charge in [0.1, 0.15) is 5.75 Å². The van der Waals surface area contributed by atoms with Gasteiger partial charge in [-0.25, -0.2) is 0 Å². The summed E-state index contributed by atoms with van der Waals surface area (Å²) in [5.74, 6) is 0.432. The molecule has 4 heteroatoms. The minimum atomic E-state index is -4.29. The Labute approximate surface area is 80.5 Å². The van der Waals surface area contributed by atoms with Crippen molar-refractivity contribution in [2.45, 2.75) is 12.6 Å². The van der Waals surface area contributed by atoms with Crippen LogP contribution in [0.15, 0.2) is 24.3 Å². The number of alkyl halides is 3. The van der Waals surface area contributed by atoms with Crippen LogP contribution in [0.25, 0.3) is 0 Å². The van der Waals surface area contributed by atoms with E-state index in [0.717, 1.165) is 12.1 Å². The monoisotopic (exact) mass is 203 g/mol. The highest BCUT2D eigenvalue weighted by Crippen LogP contribution is 2.30. The van der Waals surface area contributed by atoms with E-state index in [1.165, 1.54) is 12.1 Å². The van der Waals surface area contributed by atoms with Crippen molar-refractivity contribution < 1.29 is 17.9 Å². The fourth-order valence-electron chi connectivity index (χ4n) is 0.930. The Balaban J connectivity index is 2.69. The highest BCUT2D eigenvalue weighted by molar-refractivity contribution is 5.28. The number of hydrogen-bond acceptors (Lipinski definition) is 1. The van der Waals surface area contributed by atoms with Gasteiger partial charge in [-0.1, -0.05) is 0 Å². The van der Waals surface area contributed by atoms with Crippen molar-refractivity contribution in [2.75, 3.05) is 6.61 Å². The fraction of sp³-hybridized carbons (Fsp3) is 0.300. The summed E-state index contributed by atoms with van der Waals surface area (Å²) in [6, 6.07) is 4.60. The lowest BCUT2D eigenvalue weighted by molar-refractivity contribution is -0.137. The maximum absolute atomic E-state index is 12.1. The third-order valence-corrected chi connectivity index (χ3v) is 1.59. The third kappa shape index (κ3) is 2.94. The lowest BCUT2D eigenvalue weighted by atomic mass is 10.2. The van der Waals surface area contributed by atoms with Gasteiger partial charge in [0.15, 0.2) is 0 Å². The lowest BCUT2D eigenvalue weighted by Gasteiger charge is -2.08. The number of ether oxygens (including phenoxy) is 1. The summed E-state index contributed by atoms with van der Waals surface area (Å²) in [5, 5.41) is 0. The standard InChI is InChI=1S/C10H10F3O/c1-2-7-14-9-5-3-8(4-6-9)10(11,12)13/h3-6H,1-2,7H2. The van der Waals surface area contributed by atoms with Gasteiger partial charge < -0.3 is 4.74 Å². The van der Waals surface area contributed by atoms with Crippen LogP contribution in [0.2, 0.25) is 0 Å². The summed E-state index contributed by atoms with van der Waals surface area (Å²) in [6.07, 6.45) is -3.70. The van der Waals surface area contributed by atoms with Crippen molar-refractivity contribution in [3.05, 3.63) is 36.8 Å². The molecule has 14 heavy (non-hydrogen) atoms. The van der Waals surface area contributed by atoms with E-state index in [0.29, 0.717) is 18.8 Å². The first kappa shape index (κ1) is 10.9. The van der Waals surface area contributed by atoms with E-state index >= 15 is 0 Å². The minimum Gasteiger partial charge on any atom is -0.494 e. The molecule has 0 bridgehead atoms. The van der Waals surface area contributed by atoms with Gasteiger partial charge in [-0.3, -0.25) is 0 Å². The first-order chi connectivity index (χ1) is 6.54. The van der Waals surface area contributed by atoms with Crippen LogP contribution in [0.5, 0.6) is 5.75 Å². The van der Waals surface area contributed by atoms with Crippen molar-refractivity contribution in [2.24, 2.45) is 0 Å². The highest BCUT2D eigenvalue weighted by Gasteiger charge is 2.29. The van der Waals surface area contributed by atoms with Crippen LogP contribution < -0.4 is 4.74 Å². The molecule has 1 aromatic carbocycles. The van der Waals surface area contributed by atoms with Gasteiger partial charge in [0.05, 0.1) is 12.2 Å². The maximum Gasteiger partial charge on any atom is 0.416 e. The van der Waals surface area contributed by atoms with E-state index in [4.69, 9.17) is 4.74 Å². The summed E-state index contributed by atoms with van der Waals surface area (Å²) in [7, 11) is 0. The Hall–Kier alpha value is -1.19. The first-order valence-corrected chi connectivity index (χ1v) is 4.13. The molecule has 0 heterocycles. The second-order valence-electron chi connectivity index (χ2n) is 2.72. The molecule has 0 fully saturated rings. The molecule has 1 rings (SSSR count). The Morgan fingerprint density at radius 1 is 1.14 bits per heavy atom. The summed E-state index contributed by atoms with van der Waals surface area (Å²) >= 11 is 0. The zero-order chi connectivity index (χ0) is 10.6. The van der Waals surface area contributed by atoms with Gasteiger partial charge in [-0.15, -0.1) is 0 Å². The Kier molecular flexibility index (Phi) is 3.38. The molecule has 1 radical (unpaired) electrons. The quantitative estimate of drug-likeness (QED) is 0.732. The van der Waals surface area contributed by atoms with Crippen molar-refractivity contribution >= 4 is 0 Å². The van der Waals surface area contributed by atoms with Gasteiger partial charge in [0.25, 0.3) is 0 Å². The average Bonchev–Trinajstić information content (AvgIpc) is 2.14. The molecule has 1 aromatic rings. The molecule has 0 aliphatic heterocycles. The molecular weight excluding hydrogens is 193 g/mol. The van der Waals surface area contributed by atoms with Crippen LogP contribution in [-0.4, -0.2) is 6.61 Å². The summed E-state index contributed by atoms with van der Waals surface area (Å²) in [5.41, 5.74) is -0.667. The van der Waals surface area contributed by atoms with Crippen LogP contribution in [0, 0.1) is 6.92 Å². The Bertz CT molecular complexity index is 276.